The van der Waals surface area contributed by atoms with Gasteiger partial charge in [0.2, 0.25) is 15.9 Å². The van der Waals surface area contributed by atoms with Crippen LogP contribution in [-0.2, 0) is 14.8 Å². The van der Waals surface area contributed by atoms with Gasteiger partial charge in [0, 0.05) is 17.2 Å². The summed E-state index contributed by atoms with van der Waals surface area (Å²) in [4.78, 5) is 14.0. The van der Waals surface area contributed by atoms with Crippen molar-refractivity contribution in [3.05, 3.63) is 59.7 Å². The fourth-order valence-corrected chi connectivity index (χ4v) is 5.02. The summed E-state index contributed by atoms with van der Waals surface area (Å²) in [5.41, 5.74) is 2.33. The Bertz CT molecular complexity index is 899. The van der Waals surface area contributed by atoms with E-state index in [-0.39, 0.29) is 5.91 Å². The number of nitrogens with one attached hydrogen (secondary N) is 1. The molecule has 5 nitrogen and oxygen atoms in total. The second-order valence-electron chi connectivity index (χ2n) is 6.73. The molecule has 28 heavy (non-hydrogen) atoms. The highest BCUT2D eigenvalue weighted by molar-refractivity contribution is 7.99. The number of hydrogen-bond acceptors (Lipinski definition) is 4. The molecular weight excluding hydrogens is 392 g/mol. The monoisotopic (exact) mass is 420 g/mol. The lowest BCUT2D eigenvalue weighted by Crippen LogP contribution is -2.50. The average molecular weight is 421 g/mol. The third-order valence-corrected chi connectivity index (χ3v) is 6.52. The minimum Gasteiger partial charge on any atom is -0.353 e. The maximum absolute atomic E-state index is 12.8. The van der Waals surface area contributed by atoms with Crippen LogP contribution in [0.4, 0.5) is 5.69 Å². The molecule has 1 N–H and O–H groups in total. The smallest absolute Gasteiger partial charge is 0.243 e. The number of carbonyl (C=O) groups is 1. The summed E-state index contributed by atoms with van der Waals surface area (Å²) in [5, 5.41) is 2.89. The van der Waals surface area contributed by atoms with Gasteiger partial charge in [0.15, 0.2) is 0 Å². The zero-order valence-electron chi connectivity index (χ0n) is 16.8. The van der Waals surface area contributed by atoms with Gasteiger partial charge in [0.05, 0.1) is 11.9 Å². The van der Waals surface area contributed by atoms with Crippen molar-refractivity contribution in [2.24, 2.45) is 0 Å². The molecule has 0 unspecified atom stereocenters. The van der Waals surface area contributed by atoms with Crippen molar-refractivity contribution in [1.82, 2.24) is 5.32 Å². The van der Waals surface area contributed by atoms with Crippen LogP contribution in [0.15, 0.2) is 53.4 Å². The first-order valence-electron chi connectivity index (χ1n) is 9.26. The van der Waals surface area contributed by atoms with Crippen molar-refractivity contribution in [3.8, 4) is 0 Å². The predicted octanol–water partition coefficient (Wildman–Crippen LogP) is 3.76. The van der Waals surface area contributed by atoms with E-state index in [1.165, 1.54) is 4.31 Å². The normalized spacial score (nSPS) is 12.4. The van der Waals surface area contributed by atoms with Gasteiger partial charge in [0.1, 0.15) is 6.04 Å². The Morgan fingerprint density at radius 1 is 1.14 bits per heavy atom. The summed E-state index contributed by atoms with van der Waals surface area (Å²) in [6.45, 7) is 6.06. The second-order valence-corrected chi connectivity index (χ2v) is 9.75. The van der Waals surface area contributed by atoms with Gasteiger partial charge in [0.25, 0.3) is 0 Å². The highest BCUT2D eigenvalue weighted by atomic mass is 32.2. The van der Waals surface area contributed by atoms with Crippen LogP contribution in [0.1, 0.15) is 24.5 Å². The number of sulfonamides is 1. The zero-order chi connectivity index (χ0) is 20.7. The number of rotatable bonds is 9. The van der Waals surface area contributed by atoms with E-state index in [0.717, 1.165) is 22.3 Å². The number of anilines is 1. The number of carbonyl (C=O) groups excluding carboxylic acids is 1. The van der Waals surface area contributed by atoms with Crippen molar-refractivity contribution in [2.75, 3.05) is 22.9 Å². The molecule has 0 saturated heterocycles. The molecule has 2 aromatic carbocycles. The van der Waals surface area contributed by atoms with Crippen LogP contribution in [0.2, 0.25) is 0 Å². The largest absolute Gasteiger partial charge is 0.353 e. The van der Waals surface area contributed by atoms with Crippen LogP contribution in [0.25, 0.3) is 0 Å². The van der Waals surface area contributed by atoms with Crippen molar-refractivity contribution in [1.29, 1.82) is 0 Å². The molecule has 1 amide bonds. The molecule has 1 atom stereocenters. The summed E-state index contributed by atoms with van der Waals surface area (Å²) in [6.07, 6.45) is 1.54. The van der Waals surface area contributed by atoms with Crippen molar-refractivity contribution < 1.29 is 13.2 Å². The second kappa shape index (κ2) is 9.98. The summed E-state index contributed by atoms with van der Waals surface area (Å²) in [5.74, 6) is 0.441. The molecule has 0 heterocycles. The van der Waals surface area contributed by atoms with E-state index in [0.29, 0.717) is 24.4 Å². The Morgan fingerprint density at radius 3 is 2.43 bits per heavy atom. The van der Waals surface area contributed by atoms with E-state index < -0.39 is 16.1 Å². The Kier molecular flexibility index (Phi) is 7.95. The van der Waals surface area contributed by atoms with Crippen LogP contribution in [0.5, 0.6) is 0 Å². The quantitative estimate of drug-likeness (QED) is 0.496. The number of amides is 1. The maximum Gasteiger partial charge on any atom is 0.243 e. The van der Waals surface area contributed by atoms with E-state index in [1.807, 2.05) is 69.3 Å². The van der Waals surface area contributed by atoms with Crippen molar-refractivity contribution in [3.63, 3.8) is 0 Å². The van der Waals surface area contributed by atoms with Gasteiger partial charge in [-0.25, -0.2) is 8.42 Å². The molecule has 2 aromatic rings. The Labute approximate surface area is 172 Å². The highest BCUT2D eigenvalue weighted by Gasteiger charge is 2.32. The molecule has 7 heteroatoms. The van der Waals surface area contributed by atoms with Crippen LogP contribution >= 0.6 is 11.8 Å². The Morgan fingerprint density at radius 2 is 1.82 bits per heavy atom. The number of aryl methyl sites for hydroxylation is 2. The fourth-order valence-electron chi connectivity index (χ4n) is 2.97. The topological polar surface area (TPSA) is 66.5 Å². The molecule has 0 aliphatic heterocycles. The molecule has 0 spiro atoms. The summed E-state index contributed by atoms with van der Waals surface area (Å²) < 4.78 is 26.4. The molecule has 152 valence electrons. The lowest BCUT2D eigenvalue weighted by Gasteiger charge is -2.31. The number of benzene rings is 2. The lowest BCUT2D eigenvalue weighted by molar-refractivity contribution is -0.122. The standard InChI is InChI=1S/C21H28N2O3S2/c1-5-19(21(24)22-13-14-27-18-9-7-6-8-10-18)23(28(4,25)26)20-15-16(2)11-12-17(20)3/h6-12,15,19H,5,13-14H2,1-4H3,(H,22,24)/t19-/m1/s1. The van der Waals surface area contributed by atoms with Gasteiger partial charge in [-0.05, 0) is 49.6 Å². The first-order chi connectivity index (χ1) is 13.2. The van der Waals surface area contributed by atoms with Gasteiger partial charge in [-0.1, -0.05) is 37.3 Å². The van der Waals surface area contributed by atoms with Crippen LogP contribution in [0, 0.1) is 13.8 Å². The maximum atomic E-state index is 12.8. The predicted molar refractivity (Wildman–Crippen MR) is 117 cm³/mol. The van der Waals surface area contributed by atoms with Gasteiger partial charge >= 0.3 is 0 Å². The Balaban J connectivity index is 2.12. The van der Waals surface area contributed by atoms with Gasteiger partial charge in [-0.3, -0.25) is 9.10 Å². The van der Waals surface area contributed by atoms with Gasteiger partial charge in [-0.2, -0.15) is 0 Å². The first-order valence-corrected chi connectivity index (χ1v) is 12.1. The molecule has 0 aromatic heterocycles. The van der Waals surface area contributed by atoms with E-state index in [9.17, 15) is 13.2 Å². The highest BCUT2D eigenvalue weighted by Crippen LogP contribution is 2.27. The minimum atomic E-state index is -3.62. The van der Waals surface area contributed by atoms with Crippen LogP contribution < -0.4 is 9.62 Å². The molecule has 0 radical (unpaired) electrons. The molecule has 0 saturated carbocycles. The molecule has 0 bridgehead atoms. The number of thioether (sulfide) groups is 1. The summed E-state index contributed by atoms with van der Waals surface area (Å²) in [6, 6.07) is 14.8. The summed E-state index contributed by atoms with van der Waals surface area (Å²) in [7, 11) is -3.62. The fraction of sp³-hybridized carbons (Fsp3) is 0.381. The van der Waals surface area contributed by atoms with E-state index >= 15 is 0 Å². The van der Waals surface area contributed by atoms with E-state index in [4.69, 9.17) is 0 Å². The first kappa shape index (κ1) is 22.3. The minimum absolute atomic E-state index is 0.275. The number of hydrogen-bond donors (Lipinski definition) is 1. The zero-order valence-corrected chi connectivity index (χ0v) is 18.4. The molecular formula is C21H28N2O3S2. The van der Waals surface area contributed by atoms with Gasteiger partial charge < -0.3 is 5.32 Å². The number of nitrogens with zero attached hydrogens (tertiary/aromatic N) is 1. The van der Waals surface area contributed by atoms with E-state index in [2.05, 4.69) is 5.32 Å². The van der Waals surface area contributed by atoms with Gasteiger partial charge in [-0.15, -0.1) is 11.8 Å². The third-order valence-electron chi connectivity index (χ3n) is 4.35. The SMILES string of the molecule is CC[C@H](C(=O)NCCSc1ccccc1)N(c1cc(C)ccc1C)S(C)(=O)=O. The Hall–Kier alpha value is -1.99. The molecule has 2 rings (SSSR count). The molecule has 0 fully saturated rings. The average Bonchev–Trinajstić information content (AvgIpc) is 2.65. The molecule has 0 aliphatic carbocycles. The summed E-state index contributed by atoms with van der Waals surface area (Å²) >= 11 is 1.65. The third kappa shape index (κ3) is 6.01. The van der Waals surface area contributed by atoms with E-state index in [1.54, 1.807) is 11.8 Å². The lowest BCUT2D eigenvalue weighted by atomic mass is 10.1. The van der Waals surface area contributed by atoms with Crippen molar-refractivity contribution >= 4 is 33.4 Å². The van der Waals surface area contributed by atoms with Crippen LogP contribution in [0.3, 0.4) is 0 Å². The van der Waals surface area contributed by atoms with Crippen LogP contribution in [-0.4, -0.2) is 38.9 Å². The van der Waals surface area contributed by atoms with Crippen molar-refractivity contribution in [2.45, 2.75) is 38.1 Å². The molecule has 0 aliphatic rings.